The Bertz CT molecular complexity index is 359. The third kappa shape index (κ3) is 5.22. The predicted molar refractivity (Wildman–Crippen MR) is 99.6 cm³/mol. The molecule has 0 bridgehead atoms. The van der Waals surface area contributed by atoms with E-state index in [0.29, 0.717) is 17.9 Å². The largest absolute Gasteiger partial charge is 0.339 e. The summed E-state index contributed by atoms with van der Waals surface area (Å²) in [7, 11) is 0. The molecule has 1 amide bonds. The first-order valence-corrected chi connectivity index (χ1v) is 8.90. The molecule has 4 nitrogen and oxygen atoms in total. The standard InChI is InChI=1S/C17H31N3O.2ClH/c1-13(2)12-19-7-9-20(10-8-19)17(21)16-11-14-5-3-4-6-15(14)18-16;;/h13-16,18H,3-12H2,1-2H3;2*1H. The summed E-state index contributed by atoms with van der Waals surface area (Å²) in [6.45, 7) is 9.61. The molecule has 3 fully saturated rings. The number of fused-ring (bicyclic) bond motifs is 1. The number of carbonyl (C=O) groups is 1. The fourth-order valence-electron chi connectivity index (χ4n) is 4.40. The van der Waals surface area contributed by atoms with Crippen molar-refractivity contribution in [3.63, 3.8) is 0 Å². The molecule has 1 saturated carbocycles. The molecule has 0 radical (unpaired) electrons. The van der Waals surface area contributed by atoms with Crippen molar-refractivity contribution < 1.29 is 4.79 Å². The molecule has 0 spiro atoms. The van der Waals surface area contributed by atoms with Gasteiger partial charge in [-0.05, 0) is 31.1 Å². The highest BCUT2D eigenvalue weighted by Crippen LogP contribution is 2.33. The third-order valence-corrected chi connectivity index (χ3v) is 5.47. The number of nitrogens with one attached hydrogen (secondary N) is 1. The van der Waals surface area contributed by atoms with Gasteiger partial charge in [-0.1, -0.05) is 26.7 Å². The maximum Gasteiger partial charge on any atom is 0.239 e. The van der Waals surface area contributed by atoms with E-state index < -0.39 is 0 Å². The first kappa shape index (κ1) is 21.0. The molecule has 2 saturated heterocycles. The summed E-state index contributed by atoms with van der Waals surface area (Å²) < 4.78 is 0. The Kier molecular flexibility index (Phi) is 8.64. The Hall–Kier alpha value is -0.0300. The van der Waals surface area contributed by atoms with Gasteiger partial charge in [0.05, 0.1) is 6.04 Å². The topological polar surface area (TPSA) is 35.6 Å². The minimum Gasteiger partial charge on any atom is -0.339 e. The SMILES string of the molecule is CC(C)CN1CCN(C(=O)C2CC3CCCCC3N2)CC1.Cl.Cl. The van der Waals surface area contributed by atoms with Crippen LogP contribution in [0.15, 0.2) is 0 Å². The molecule has 0 aromatic rings. The molecule has 3 aliphatic rings. The first-order valence-electron chi connectivity index (χ1n) is 8.90. The smallest absolute Gasteiger partial charge is 0.239 e. The minimum atomic E-state index is 0. The van der Waals surface area contributed by atoms with Gasteiger partial charge in [-0.15, -0.1) is 24.8 Å². The quantitative estimate of drug-likeness (QED) is 0.834. The maximum absolute atomic E-state index is 12.7. The van der Waals surface area contributed by atoms with Gasteiger partial charge in [0.25, 0.3) is 0 Å². The highest BCUT2D eigenvalue weighted by Gasteiger charge is 2.40. The van der Waals surface area contributed by atoms with E-state index in [0.717, 1.165) is 45.1 Å². The summed E-state index contributed by atoms with van der Waals surface area (Å²) in [6, 6.07) is 0.727. The lowest BCUT2D eigenvalue weighted by Gasteiger charge is -2.36. The van der Waals surface area contributed by atoms with Gasteiger partial charge in [0.15, 0.2) is 0 Å². The van der Waals surface area contributed by atoms with E-state index in [4.69, 9.17) is 0 Å². The molecule has 3 unspecified atom stereocenters. The highest BCUT2D eigenvalue weighted by molar-refractivity contribution is 5.85. The lowest BCUT2D eigenvalue weighted by Crippen LogP contribution is -2.53. The summed E-state index contributed by atoms with van der Waals surface area (Å²) in [5.74, 6) is 1.84. The molecular weight excluding hydrogens is 333 g/mol. The molecule has 0 aromatic carbocycles. The Morgan fingerprint density at radius 3 is 2.35 bits per heavy atom. The van der Waals surface area contributed by atoms with Crippen LogP contribution in [0.5, 0.6) is 0 Å². The van der Waals surface area contributed by atoms with Gasteiger partial charge >= 0.3 is 0 Å². The van der Waals surface area contributed by atoms with Crippen molar-refractivity contribution in [1.29, 1.82) is 0 Å². The Labute approximate surface area is 153 Å². The number of hydrogen-bond donors (Lipinski definition) is 1. The van der Waals surface area contributed by atoms with E-state index in [1.165, 1.54) is 25.7 Å². The van der Waals surface area contributed by atoms with Crippen LogP contribution in [0.25, 0.3) is 0 Å². The van der Waals surface area contributed by atoms with Crippen LogP contribution >= 0.6 is 24.8 Å². The van der Waals surface area contributed by atoms with Crippen molar-refractivity contribution >= 4 is 30.7 Å². The summed E-state index contributed by atoms with van der Waals surface area (Å²) in [4.78, 5) is 17.3. The Morgan fingerprint density at radius 1 is 1.09 bits per heavy atom. The zero-order chi connectivity index (χ0) is 14.8. The first-order chi connectivity index (χ1) is 10.1. The molecule has 23 heavy (non-hydrogen) atoms. The lowest BCUT2D eigenvalue weighted by atomic mass is 9.85. The fourth-order valence-corrected chi connectivity index (χ4v) is 4.40. The second-order valence-electron chi connectivity index (χ2n) is 7.63. The maximum atomic E-state index is 12.7. The van der Waals surface area contributed by atoms with Crippen LogP contribution in [0.2, 0.25) is 0 Å². The van der Waals surface area contributed by atoms with Gasteiger partial charge in [0.1, 0.15) is 0 Å². The molecule has 2 aliphatic heterocycles. The molecule has 136 valence electrons. The van der Waals surface area contributed by atoms with Crippen molar-refractivity contribution in [2.24, 2.45) is 11.8 Å². The lowest BCUT2D eigenvalue weighted by molar-refractivity contribution is -0.135. The van der Waals surface area contributed by atoms with Crippen molar-refractivity contribution in [3.05, 3.63) is 0 Å². The van der Waals surface area contributed by atoms with E-state index in [1.807, 2.05) is 0 Å². The second kappa shape index (κ2) is 9.45. The van der Waals surface area contributed by atoms with E-state index in [1.54, 1.807) is 0 Å². The molecule has 1 N–H and O–H groups in total. The van der Waals surface area contributed by atoms with E-state index in [-0.39, 0.29) is 30.9 Å². The molecule has 3 atom stereocenters. The normalized spacial score (nSPS) is 31.3. The summed E-state index contributed by atoms with van der Waals surface area (Å²) >= 11 is 0. The molecule has 6 heteroatoms. The van der Waals surface area contributed by atoms with Crippen LogP contribution in [-0.4, -0.2) is 60.5 Å². The third-order valence-electron chi connectivity index (χ3n) is 5.47. The average Bonchev–Trinajstić information content (AvgIpc) is 2.90. The van der Waals surface area contributed by atoms with Gasteiger partial charge in [0.2, 0.25) is 5.91 Å². The number of rotatable bonds is 3. The van der Waals surface area contributed by atoms with Crippen molar-refractivity contribution in [2.75, 3.05) is 32.7 Å². The zero-order valence-corrected chi connectivity index (χ0v) is 16.1. The molecule has 0 aromatic heterocycles. The van der Waals surface area contributed by atoms with Gasteiger partial charge in [0, 0.05) is 38.8 Å². The van der Waals surface area contributed by atoms with Crippen LogP contribution in [-0.2, 0) is 4.79 Å². The van der Waals surface area contributed by atoms with E-state index >= 15 is 0 Å². The number of piperazine rings is 1. The zero-order valence-electron chi connectivity index (χ0n) is 14.5. The fraction of sp³-hybridized carbons (Fsp3) is 0.941. The molecule has 2 heterocycles. The monoisotopic (exact) mass is 365 g/mol. The van der Waals surface area contributed by atoms with Crippen LogP contribution < -0.4 is 5.32 Å². The van der Waals surface area contributed by atoms with E-state index in [2.05, 4.69) is 29.0 Å². The average molecular weight is 366 g/mol. The number of halogens is 2. The van der Waals surface area contributed by atoms with Crippen molar-refractivity contribution in [3.8, 4) is 0 Å². The Morgan fingerprint density at radius 2 is 1.74 bits per heavy atom. The minimum absolute atomic E-state index is 0. The van der Waals surface area contributed by atoms with Crippen LogP contribution in [0.1, 0.15) is 46.0 Å². The van der Waals surface area contributed by atoms with Crippen LogP contribution in [0, 0.1) is 11.8 Å². The molecule has 3 rings (SSSR count). The van der Waals surface area contributed by atoms with Gasteiger partial charge < -0.3 is 10.2 Å². The summed E-state index contributed by atoms with van der Waals surface area (Å²) in [5.41, 5.74) is 0. The van der Waals surface area contributed by atoms with E-state index in [9.17, 15) is 4.79 Å². The molecule has 1 aliphatic carbocycles. The predicted octanol–water partition coefficient (Wildman–Crippen LogP) is 2.55. The summed E-state index contributed by atoms with van der Waals surface area (Å²) in [5, 5.41) is 3.63. The number of hydrogen-bond acceptors (Lipinski definition) is 3. The highest BCUT2D eigenvalue weighted by atomic mass is 35.5. The van der Waals surface area contributed by atoms with Gasteiger partial charge in [-0.3, -0.25) is 9.69 Å². The van der Waals surface area contributed by atoms with Crippen molar-refractivity contribution in [2.45, 2.75) is 58.0 Å². The number of nitrogens with zero attached hydrogens (tertiary/aromatic N) is 2. The Balaban J connectivity index is 0.00000132. The van der Waals surface area contributed by atoms with Crippen LogP contribution in [0.4, 0.5) is 0 Å². The van der Waals surface area contributed by atoms with Gasteiger partial charge in [-0.2, -0.15) is 0 Å². The second-order valence-corrected chi connectivity index (χ2v) is 7.63. The van der Waals surface area contributed by atoms with Crippen molar-refractivity contribution in [1.82, 2.24) is 15.1 Å². The number of amides is 1. The summed E-state index contributed by atoms with van der Waals surface area (Å²) in [6.07, 6.45) is 6.37. The van der Waals surface area contributed by atoms with Crippen LogP contribution in [0.3, 0.4) is 0 Å². The molecular formula is C17H33Cl2N3O. The number of carbonyl (C=O) groups excluding carboxylic acids is 1. The van der Waals surface area contributed by atoms with Gasteiger partial charge in [-0.25, -0.2) is 0 Å².